The number of hydrogen-bond acceptors (Lipinski definition) is 7. The second kappa shape index (κ2) is 11.2. The van der Waals surface area contributed by atoms with Gasteiger partial charge in [-0.3, -0.25) is 4.79 Å². The van der Waals surface area contributed by atoms with Gasteiger partial charge in [-0.15, -0.1) is 10.2 Å². The predicted octanol–water partition coefficient (Wildman–Crippen LogP) is 4.82. The van der Waals surface area contributed by atoms with Crippen LogP contribution in [0.25, 0.3) is 0 Å². The summed E-state index contributed by atoms with van der Waals surface area (Å²) in [6, 6.07) is 12.1. The average Bonchev–Trinajstić information content (AvgIpc) is 3.16. The van der Waals surface area contributed by atoms with Gasteiger partial charge in [0, 0.05) is 12.7 Å². The number of ether oxygens (including phenoxy) is 2. The van der Waals surface area contributed by atoms with Gasteiger partial charge < -0.3 is 19.4 Å². The van der Waals surface area contributed by atoms with Gasteiger partial charge in [0.1, 0.15) is 5.75 Å². The molecule has 1 atom stereocenters. The van der Waals surface area contributed by atoms with Gasteiger partial charge in [-0.1, -0.05) is 29.4 Å². The van der Waals surface area contributed by atoms with E-state index >= 15 is 0 Å². The lowest BCUT2D eigenvalue weighted by atomic mass is 10.2. The molecular formula is C23H25ClN4O4S. The molecule has 1 heterocycles. The van der Waals surface area contributed by atoms with E-state index in [2.05, 4.69) is 15.5 Å². The average molecular weight is 489 g/mol. The van der Waals surface area contributed by atoms with Crippen molar-refractivity contribution in [2.75, 3.05) is 17.7 Å². The van der Waals surface area contributed by atoms with Crippen molar-refractivity contribution in [2.45, 2.75) is 32.0 Å². The maximum Gasteiger partial charge on any atom is 0.338 e. The third-order valence-corrected chi connectivity index (χ3v) is 5.97. The van der Waals surface area contributed by atoms with Crippen LogP contribution in [0.5, 0.6) is 5.75 Å². The van der Waals surface area contributed by atoms with E-state index in [4.69, 9.17) is 21.1 Å². The number of nitrogens with one attached hydrogen (secondary N) is 1. The van der Waals surface area contributed by atoms with Crippen molar-refractivity contribution in [3.8, 4) is 5.75 Å². The number of hydrogen-bond donors (Lipinski definition) is 1. The zero-order valence-electron chi connectivity index (χ0n) is 18.8. The van der Waals surface area contributed by atoms with Gasteiger partial charge in [0.05, 0.1) is 22.9 Å². The van der Waals surface area contributed by atoms with Crippen molar-refractivity contribution < 1.29 is 19.1 Å². The Morgan fingerprint density at radius 3 is 2.61 bits per heavy atom. The van der Waals surface area contributed by atoms with Crippen LogP contribution in [0.2, 0.25) is 5.02 Å². The maximum absolute atomic E-state index is 12.3. The Morgan fingerprint density at radius 1 is 1.18 bits per heavy atom. The third-order valence-electron chi connectivity index (χ3n) is 4.63. The zero-order chi connectivity index (χ0) is 24.0. The summed E-state index contributed by atoms with van der Waals surface area (Å²) in [6.07, 6.45) is -0.386. The molecule has 0 saturated carbocycles. The molecule has 0 aliphatic rings. The molecular weight excluding hydrogens is 464 g/mol. The van der Waals surface area contributed by atoms with Gasteiger partial charge in [-0.25, -0.2) is 4.79 Å². The van der Waals surface area contributed by atoms with E-state index in [0.29, 0.717) is 39.6 Å². The summed E-state index contributed by atoms with van der Waals surface area (Å²) >= 11 is 7.48. The molecule has 1 aromatic heterocycles. The van der Waals surface area contributed by atoms with E-state index in [1.165, 1.54) is 11.8 Å². The minimum absolute atomic E-state index is 0.143. The third kappa shape index (κ3) is 6.49. The Bertz CT molecular complexity index is 1130. The molecule has 2 aromatic carbocycles. The minimum Gasteiger partial charge on any atom is -0.481 e. The topological polar surface area (TPSA) is 95.3 Å². The number of anilines is 1. The number of halogens is 1. The van der Waals surface area contributed by atoms with E-state index in [0.717, 1.165) is 5.56 Å². The standard InChI is InChI=1S/C23H25ClN4O4S/c1-5-31-22(30)16-7-9-17(10-8-16)25-20(29)13-33-23-27-26-21(28(23)4)15(3)32-19-12-14(2)6-11-18(19)24/h6-12,15H,5,13H2,1-4H3,(H,25,29). The second-order valence-corrected chi connectivity index (χ2v) is 8.58. The lowest BCUT2D eigenvalue weighted by molar-refractivity contribution is -0.113. The Morgan fingerprint density at radius 2 is 1.91 bits per heavy atom. The van der Waals surface area contributed by atoms with Gasteiger partial charge in [0.15, 0.2) is 17.1 Å². The fourth-order valence-corrected chi connectivity index (χ4v) is 3.86. The quantitative estimate of drug-likeness (QED) is 0.340. The van der Waals surface area contributed by atoms with Gasteiger partial charge in [0.2, 0.25) is 5.91 Å². The van der Waals surface area contributed by atoms with Gasteiger partial charge in [-0.05, 0) is 62.7 Å². The number of thioether (sulfide) groups is 1. The van der Waals surface area contributed by atoms with Crippen molar-refractivity contribution in [3.63, 3.8) is 0 Å². The number of aryl methyl sites for hydroxylation is 1. The Balaban J connectivity index is 1.56. The number of benzene rings is 2. The van der Waals surface area contributed by atoms with E-state index in [1.807, 2.05) is 33.0 Å². The molecule has 0 spiro atoms. The molecule has 10 heteroatoms. The first kappa shape index (κ1) is 24.6. The van der Waals surface area contributed by atoms with Crippen LogP contribution in [-0.4, -0.2) is 39.0 Å². The number of nitrogens with zero attached hydrogens (tertiary/aromatic N) is 3. The smallest absolute Gasteiger partial charge is 0.338 e. The number of amides is 1. The molecule has 0 fully saturated rings. The Kier molecular flexibility index (Phi) is 8.35. The van der Waals surface area contributed by atoms with E-state index < -0.39 is 5.97 Å². The largest absolute Gasteiger partial charge is 0.481 e. The van der Waals surface area contributed by atoms with Crippen LogP contribution in [0.1, 0.15) is 41.7 Å². The van der Waals surface area contributed by atoms with E-state index in [9.17, 15) is 9.59 Å². The fourth-order valence-electron chi connectivity index (χ4n) is 2.98. The van der Waals surface area contributed by atoms with Crippen LogP contribution in [0.4, 0.5) is 5.69 Å². The number of carbonyl (C=O) groups excluding carboxylic acids is 2. The van der Waals surface area contributed by atoms with Gasteiger partial charge in [0.25, 0.3) is 0 Å². The zero-order valence-corrected chi connectivity index (χ0v) is 20.4. The molecule has 3 aromatic rings. The first-order valence-corrected chi connectivity index (χ1v) is 11.7. The molecule has 1 unspecified atom stereocenters. The lowest BCUT2D eigenvalue weighted by Gasteiger charge is -2.15. The normalized spacial score (nSPS) is 11.7. The van der Waals surface area contributed by atoms with Crippen LogP contribution < -0.4 is 10.1 Å². The summed E-state index contributed by atoms with van der Waals surface area (Å²) < 4.78 is 12.7. The van der Waals surface area contributed by atoms with Crippen molar-refractivity contribution in [1.82, 2.24) is 14.8 Å². The summed E-state index contributed by atoms with van der Waals surface area (Å²) in [6.45, 7) is 5.88. The van der Waals surface area contributed by atoms with Crippen molar-refractivity contribution in [3.05, 3.63) is 64.4 Å². The molecule has 0 aliphatic heterocycles. The number of esters is 1. The van der Waals surface area contributed by atoms with Crippen molar-refractivity contribution in [2.24, 2.45) is 7.05 Å². The summed E-state index contributed by atoms with van der Waals surface area (Å²) in [5, 5.41) is 12.3. The number of aromatic nitrogens is 3. The molecule has 1 amide bonds. The monoisotopic (exact) mass is 488 g/mol. The fraction of sp³-hybridized carbons (Fsp3) is 0.304. The highest BCUT2D eigenvalue weighted by Gasteiger charge is 2.19. The van der Waals surface area contributed by atoms with Crippen LogP contribution in [0.15, 0.2) is 47.6 Å². The summed E-state index contributed by atoms with van der Waals surface area (Å²) in [7, 11) is 1.82. The molecule has 174 valence electrons. The highest BCUT2D eigenvalue weighted by Crippen LogP contribution is 2.30. The molecule has 0 bridgehead atoms. The molecule has 8 nitrogen and oxygen atoms in total. The predicted molar refractivity (Wildman–Crippen MR) is 128 cm³/mol. The summed E-state index contributed by atoms with van der Waals surface area (Å²) in [4.78, 5) is 24.1. The lowest BCUT2D eigenvalue weighted by Crippen LogP contribution is -2.15. The molecule has 0 radical (unpaired) electrons. The van der Waals surface area contributed by atoms with Gasteiger partial charge >= 0.3 is 5.97 Å². The van der Waals surface area contributed by atoms with Crippen molar-refractivity contribution >= 4 is 40.9 Å². The first-order chi connectivity index (χ1) is 15.8. The van der Waals surface area contributed by atoms with Crippen LogP contribution in [0, 0.1) is 6.92 Å². The van der Waals surface area contributed by atoms with Crippen LogP contribution in [0.3, 0.4) is 0 Å². The molecule has 33 heavy (non-hydrogen) atoms. The molecule has 0 aliphatic carbocycles. The molecule has 0 saturated heterocycles. The Labute approximate surface area is 201 Å². The molecule has 3 rings (SSSR count). The van der Waals surface area contributed by atoms with Crippen LogP contribution in [-0.2, 0) is 16.6 Å². The minimum atomic E-state index is -0.396. The number of rotatable bonds is 9. The summed E-state index contributed by atoms with van der Waals surface area (Å²) in [5.74, 6) is 0.737. The summed E-state index contributed by atoms with van der Waals surface area (Å²) in [5.41, 5.74) is 2.06. The first-order valence-electron chi connectivity index (χ1n) is 10.3. The van der Waals surface area contributed by atoms with E-state index in [1.54, 1.807) is 41.8 Å². The van der Waals surface area contributed by atoms with E-state index in [-0.39, 0.29) is 17.8 Å². The maximum atomic E-state index is 12.3. The SMILES string of the molecule is CCOC(=O)c1ccc(NC(=O)CSc2nnc(C(C)Oc3cc(C)ccc3Cl)n2C)cc1. The highest BCUT2D eigenvalue weighted by atomic mass is 35.5. The van der Waals surface area contributed by atoms with Gasteiger partial charge in [-0.2, -0.15) is 0 Å². The molecule has 1 N–H and O–H groups in total. The highest BCUT2D eigenvalue weighted by molar-refractivity contribution is 7.99. The second-order valence-electron chi connectivity index (χ2n) is 7.23. The van der Waals surface area contributed by atoms with Crippen molar-refractivity contribution in [1.29, 1.82) is 0 Å². The number of carbonyl (C=O) groups is 2. The van der Waals surface area contributed by atoms with Crippen LogP contribution >= 0.6 is 23.4 Å². The Hall–Kier alpha value is -3.04.